The zero-order valence-electron chi connectivity index (χ0n) is 8.56. The molecule has 0 atom stereocenters. The Morgan fingerprint density at radius 2 is 1.87 bits per heavy atom. The smallest absolute Gasteiger partial charge is 0.330 e. The van der Waals surface area contributed by atoms with Crippen molar-refractivity contribution >= 4 is 0 Å². The topological polar surface area (TPSA) is 26.0 Å². The number of benzene rings is 1. The Labute approximate surface area is 87.1 Å². The highest BCUT2D eigenvalue weighted by atomic mass is 19.4. The molecular weight excluding hydrogens is 203 g/mol. The molecule has 0 aliphatic carbocycles. The predicted octanol–water partition coefficient (Wildman–Crippen LogP) is 2.77. The first-order valence-corrected chi connectivity index (χ1v) is 4.88. The second-order valence-corrected chi connectivity index (χ2v) is 3.37. The van der Waals surface area contributed by atoms with Crippen LogP contribution in [0.2, 0.25) is 0 Å². The summed E-state index contributed by atoms with van der Waals surface area (Å²) in [7, 11) is 0. The lowest BCUT2D eigenvalue weighted by Gasteiger charge is -2.11. The summed E-state index contributed by atoms with van der Waals surface area (Å²) in [6.07, 6.45) is -3.04. The first kappa shape index (κ1) is 12.0. The molecule has 4 heteroatoms. The first-order chi connectivity index (χ1) is 6.99. The van der Waals surface area contributed by atoms with Crippen molar-refractivity contribution in [3.05, 3.63) is 34.9 Å². The number of hydrogen-bond donors (Lipinski definition) is 1. The van der Waals surface area contributed by atoms with Gasteiger partial charge in [0.1, 0.15) is 0 Å². The van der Waals surface area contributed by atoms with Gasteiger partial charge in [-0.2, -0.15) is 13.2 Å². The minimum atomic E-state index is -4.26. The van der Waals surface area contributed by atoms with Crippen LogP contribution < -0.4 is 5.73 Å². The maximum absolute atomic E-state index is 12.4. The van der Waals surface area contributed by atoms with E-state index < -0.39 is 11.7 Å². The molecule has 0 fully saturated rings. The van der Waals surface area contributed by atoms with Crippen molar-refractivity contribution in [1.29, 1.82) is 0 Å². The summed E-state index contributed by atoms with van der Waals surface area (Å²) < 4.78 is 37.2. The van der Waals surface area contributed by atoms with Crippen LogP contribution in [0.3, 0.4) is 0 Å². The molecule has 0 aliphatic heterocycles. The molecule has 1 aromatic rings. The standard InChI is InChI=1S/C11H14F3N/c1-2-8-7-10(11(12,13)14)4-3-9(8)5-6-15/h3-4,7H,2,5-6,15H2,1H3. The van der Waals surface area contributed by atoms with Gasteiger partial charge in [-0.1, -0.05) is 13.0 Å². The van der Waals surface area contributed by atoms with E-state index >= 15 is 0 Å². The van der Waals surface area contributed by atoms with Crippen LogP contribution in [0.25, 0.3) is 0 Å². The van der Waals surface area contributed by atoms with E-state index in [0.717, 1.165) is 17.2 Å². The van der Waals surface area contributed by atoms with Gasteiger partial charge in [-0.05, 0) is 42.6 Å². The molecule has 0 aliphatic rings. The molecular formula is C11H14F3N. The van der Waals surface area contributed by atoms with Gasteiger partial charge in [0.15, 0.2) is 0 Å². The van der Waals surface area contributed by atoms with E-state index in [2.05, 4.69) is 0 Å². The third-order valence-corrected chi connectivity index (χ3v) is 2.33. The third kappa shape index (κ3) is 2.96. The molecule has 0 heterocycles. The van der Waals surface area contributed by atoms with E-state index in [-0.39, 0.29) is 0 Å². The number of rotatable bonds is 3. The van der Waals surface area contributed by atoms with E-state index in [1.807, 2.05) is 6.92 Å². The maximum atomic E-state index is 12.4. The van der Waals surface area contributed by atoms with Gasteiger partial charge in [0.25, 0.3) is 0 Å². The Morgan fingerprint density at radius 1 is 1.20 bits per heavy atom. The van der Waals surface area contributed by atoms with Crippen molar-refractivity contribution in [3.63, 3.8) is 0 Å². The Bertz CT molecular complexity index is 331. The van der Waals surface area contributed by atoms with Crippen LogP contribution in [-0.2, 0) is 19.0 Å². The number of nitrogens with two attached hydrogens (primary N) is 1. The van der Waals surface area contributed by atoms with Crippen LogP contribution in [0.15, 0.2) is 18.2 Å². The molecule has 2 N–H and O–H groups in total. The SMILES string of the molecule is CCc1cc(C(F)(F)F)ccc1CCN. The van der Waals surface area contributed by atoms with Gasteiger partial charge in [-0.15, -0.1) is 0 Å². The molecule has 1 nitrogen and oxygen atoms in total. The molecule has 0 amide bonds. The lowest BCUT2D eigenvalue weighted by Crippen LogP contribution is -2.09. The number of aryl methyl sites for hydroxylation is 1. The Morgan fingerprint density at radius 3 is 2.33 bits per heavy atom. The van der Waals surface area contributed by atoms with E-state index in [9.17, 15) is 13.2 Å². The Hall–Kier alpha value is -1.03. The van der Waals surface area contributed by atoms with Crippen LogP contribution >= 0.6 is 0 Å². The average Bonchev–Trinajstić information content (AvgIpc) is 2.17. The predicted molar refractivity (Wildman–Crippen MR) is 53.6 cm³/mol. The molecule has 0 saturated carbocycles. The van der Waals surface area contributed by atoms with Crippen LogP contribution in [0, 0.1) is 0 Å². The van der Waals surface area contributed by atoms with Gasteiger partial charge in [-0.25, -0.2) is 0 Å². The number of halogens is 3. The minimum absolute atomic E-state index is 0.457. The Kier molecular flexibility index (Phi) is 3.74. The van der Waals surface area contributed by atoms with Crippen LogP contribution in [0.1, 0.15) is 23.6 Å². The van der Waals surface area contributed by atoms with Gasteiger partial charge in [0.05, 0.1) is 5.56 Å². The van der Waals surface area contributed by atoms with Crippen molar-refractivity contribution in [3.8, 4) is 0 Å². The molecule has 84 valence electrons. The Balaban J connectivity index is 3.08. The summed E-state index contributed by atoms with van der Waals surface area (Å²) in [4.78, 5) is 0. The highest BCUT2D eigenvalue weighted by Gasteiger charge is 2.30. The third-order valence-electron chi connectivity index (χ3n) is 2.33. The number of hydrogen-bond acceptors (Lipinski definition) is 1. The van der Waals surface area contributed by atoms with Crippen molar-refractivity contribution in [2.45, 2.75) is 25.9 Å². The zero-order valence-corrected chi connectivity index (χ0v) is 8.56. The normalized spacial score (nSPS) is 11.8. The quantitative estimate of drug-likeness (QED) is 0.827. The summed E-state index contributed by atoms with van der Waals surface area (Å²) >= 11 is 0. The van der Waals surface area contributed by atoms with Crippen LogP contribution in [0.4, 0.5) is 13.2 Å². The molecule has 15 heavy (non-hydrogen) atoms. The molecule has 0 radical (unpaired) electrons. The summed E-state index contributed by atoms with van der Waals surface area (Å²) in [6.45, 7) is 2.30. The number of alkyl halides is 3. The second-order valence-electron chi connectivity index (χ2n) is 3.37. The van der Waals surface area contributed by atoms with E-state index in [1.54, 1.807) is 0 Å². The minimum Gasteiger partial charge on any atom is -0.330 e. The van der Waals surface area contributed by atoms with Gasteiger partial charge in [-0.3, -0.25) is 0 Å². The van der Waals surface area contributed by atoms with Crippen molar-refractivity contribution in [2.75, 3.05) is 6.54 Å². The fraction of sp³-hybridized carbons (Fsp3) is 0.455. The van der Waals surface area contributed by atoms with Crippen molar-refractivity contribution in [2.24, 2.45) is 5.73 Å². The van der Waals surface area contributed by atoms with Crippen molar-refractivity contribution in [1.82, 2.24) is 0 Å². The van der Waals surface area contributed by atoms with Gasteiger partial charge in [0.2, 0.25) is 0 Å². The van der Waals surface area contributed by atoms with Gasteiger partial charge < -0.3 is 5.73 Å². The van der Waals surface area contributed by atoms with Crippen LogP contribution in [0.5, 0.6) is 0 Å². The zero-order chi connectivity index (χ0) is 11.5. The van der Waals surface area contributed by atoms with Gasteiger partial charge >= 0.3 is 6.18 Å². The highest BCUT2D eigenvalue weighted by molar-refractivity contribution is 5.33. The highest BCUT2D eigenvalue weighted by Crippen LogP contribution is 2.30. The second kappa shape index (κ2) is 4.66. The fourth-order valence-electron chi connectivity index (χ4n) is 1.53. The summed E-state index contributed by atoms with van der Waals surface area (Å²) in [5.41, 5.74) is 6.44. The summed E-state index contributed by atoms with van der Waals surface area (Å²) in [6, 6.07) is 3.85. The molecule has 0 bridgehead atoms. The largest absolute Gasteiger partial charge is 0.416 e. The average molecular weight is 217 g/mol. The summed E-state index contributed by atoms with van der Waals surface area (Å²) in [5, 5.41) is 0. The van der Waals surface area contributed by atoms with Crippen molar-refractivity contribution < 1.29 is 13.2 Å². The molecule has 0 spiro atoms. The van der Waals surface area contributed by atoms with E-state index in [1.165, 1.54) is 12.1 Å². The molecule has 0 unspecified atom stereocenters. The monoisotopic (exact) mass is 217 g/mol. The molecule has 0 aromatic heterocycles. The summed E-state index contributed by atoms with van der Waals surface area (Å²) in [5.74, 6) is 0. The van der Waals surface area contributed by atoms with E-state index in [4.69, 9.17) is 5.73 Å². The molecule has 0 saturated heterocycles. The van der Waals surface area contributed by atoms with E-state index in [0.29, 0.717) is 19.4 Å². The lowest BCUT2D eigenvalue weighted by molar-refractivity contribution is -0.137. The van der Waals surface area contributed by atoms with Gasteiger partial charge in [0, 0.05) is 0 Å². The molecule has 1 rings (SSSR count). The molecule has 1 aromatic carbocycles. The van der Waals surface area contributed by atoms with Crippen LogP contribution in [-0.4, -0.2) is 6.54 Å². The maximum Gasteiger partial charge on any atom is 0.416 e. The fourth-order valence-corrected chi connectivity index (χ4v) is 1.53. The first-order valence-electron chi connectivity index (χ1n) is 4.88. The lowest BCUT2D eigenvalue weighted by atomic mass is 9.99.